The van der Waals surface area contributed by atoms with Gasteiger partial charge in [0, 0.05) is 48.8 Å². The minimum absolute atomic E-state index is 0.0625. The van der Waals surface area contributed by atoms with Crippen molar-refractivity contribution in [1.82, 2.24) is 20.1 Å². The van der Waals surface area contributed by atoms with E-state index in [4.69, 9.17) is 4.74 Å². The van der Waals surface area contributed by atoms with Crippen LogP contribution in [0.2, 0.25) is 0 Å². The molecule has 0 bridgehead atoms. The number of carbonyl (C=O) groups is 1. The number of carbonyl (C=O) groups excluding carboxylic acids is 1. The second-order valence-corrected chi connectivity index (χ2v) is 6.41. The summed E-state index contributed by atoms with van der Waals surface area (Å²) >= 11 is 0. The number of nitrogens with zero attached hydrogens (tertiary/aromatic N) is 3. The van der Waals surface area contributed by atoms with Crippen molar-refractivity contribution in [1.29, 1.82) is 0 Å². The predicted octanol–water partition coefficient (Wildman–Crippen LogP) is 2.54. The summed E-state index contributed by atoms with van der Waals surface area (Å²) in [6, 6.07) is 7.50. The molecule has 3 aromatic rings. The third kappa shape index (κ3) is 2.89. The molecule has 1 aromatic carbocycles. The molecule has 2 atom stereocenters. The Hall–Kier alpha value is -2.73. The number of ether oxygens (including phenoxy) is 1. The zero-order chi connectivity index (χ0) is 17.4. The molecule has 0 aliphatic carbocycles. The van der Waals surface area contributed by atoms with Crippen molar-refractivity contribution in [2.45, 2.75) is 25.5 Å². The molecule has 0 spiro atoms. The van der Waals surface area contributed by atoms with Gasteiger partial charge in [0.25, 0.3) is 5.91 Å². The van der Waals surface area contributed by atoms with E-state index in [0.717, 1.165) is 28.5 Å². The second kappa shape index (κ2) is 6.29. The molecule has 1 aliphatic heterocycles. The number of nitrogens with one attached hydrogen (secondary N) is 1. The largest absolute Gasteiger partial charge is 0.371 e. The normalized spacial score (nSPS) is 20.1. The Morgan fingerprint density at radius 1 is 1.36 bits per heavy atom. The molecule has 0 radical (unpaired) electrons. The van der Waals surface area contributed by atoms with Gasteiger partial charge >= 0.3 is 0 Å². The van der Waals surface area contributed by atoms with E-state index in [9.17, 15) is 4.79 Å². The molecule has 1 saturated heterocycles. The van der Waals surface area contributed by atoms with Crippen LogP contribution in [0.4, 0.5) is 0 Å². The van der Waals surface area contributed by atoms with E-state index in [2.05, 4.69) is 15.4 Å². The lowest BCUT2D eigenvalue weighted by atomic mass is 10.0. The number of rotatable bonds is 3. The standard InChI is InChI=1S/C19H20N4O2/c1-12-16(11-23(2)22-12)18-17(7-9-25-18)21-19(24)15-5-3-4-13-10-20-8-6-14(13)15/h3-6,8,10-11,17-18H,7,9H2,1-2H3,(H,21,24)/t17-,18+/m0/s1. The van der Waals surface area contributed by atoms with Crippen molar-refractivity contribution in [3.05, 3.63) is 59.7 Å². The van der Waals surface area contributed by atoms with Gasteiger partial charge in [-0.1, -0.05) is 12.1 Å². The number of hydrogen-bond donors (Lipinski definition) is 1. The van der Waals surface area contributed by atoms with Crippen molar-refractivity contribution in [2.24, 2.45) is 7.05 Å². The van der Waals surface area contributed by atoms with E-state index in [-0.39, 0.29) is 18.1 Å². The molecule has 1 fully saturated rings. The maximum Gasteiger partial charge on any atom is 0.252 e. The van der Waals surface area contributed by atoms with Gasteiger partial charge in [-0.3, -0.25) is 14.5 Å². The summed E-state index contributed by atoms with van der Waals surface area (Å²) in [5.41, 5.74) is 2.63. The minimum Gasteiger partial charge on any atom is -0.371 e. The quantitative estimate of drug-likeness (QED) is 0.798. The lowest BCUT2D eigenvalue weighted by Gasteiger charge is -2.20. The van der Waals surface area contributed by atoms with Crippen LogP contribution >= 0.6 is 0 Å². The first kappa shape index (κ1) is 15.8. The minimum atomic E-state index is -0.158. The van der Waals surface area contributed by atoms with Crippen molar-refractivity contribution in [2.75, 3.05) is 6.61 Å². The van der Waals surface area contributed by atoms with Crippen LogP contribution in [0, 0.1) is 6.92 Å². The van der Waals surface area contributed by atoms with Gasteiger partial charge in [-0.05, 0) is 30.9 Å². The first-order chi connectivity index (χ1) is 12.1. The predicted molar refractivity (Wildman–Crippen MR) is 94.3 cm³/mol. The van der Waals surface area contributed by atoms with Crippen LogP contribution in [0.1, 0.15) is 34.1 Å². The van der Waals surface area contributed by atoms with Crippen LogP contribution in [0.15, 0.2) is 42.9 Å². The van der Waals surface area contributed by atoms with Crippen LogP contribution in [0.25, 0.3) is 10.8 Å². The molecule has 1 aliphatic rings. The van der Waals surface area contributed by atoms with Gasteiger partial charge in [0.05, 0.1) is 11.7 Å². The molecule has 1 N–H and O–H groups in total. The molecule has 6 heteroatoms. The summed E-state index contributed by atoms with van der Waals surface area (Å²) in [6.45, 7) is 2.59. The van der Waals surface area contributed by atoms with Crippen molar-refractivity contribution in [3.8, 4) is 0 Å². The molecular weight excluding hydrogens is 316 g/mol. The number of aryl methyl sites for hydroxylation is 2. The fraction of sp³-hybridized carbons (Fsp3) is 0.316. The van der Waals surface area contributed by atoms with E-state index < -0.39 is 0 Å². The second-order valence-electron chi connectivity index (χ2n) is 6.41. The molecule has 4 rings (SSSR count). The summed E-state index contributed by atoms with van der Waals surface area (Å²) in [4.78, 5) is 17.0. The van der Waals surface area contributed by atoms with Gasteiger partial charge < -0.3 is 10.1 Å². The summed E-state index contributed by atoms with van der Waals surface area (Å²) in [7, 11) is 1.89. The number of benzene rings is 1. The van der Waals surface area contributed by atoms with E-state index in [1.54, 1.807) is 17.1 Å². The smallest absolute Gasteiger partial charge is 0.252 e. The molecular formula is C19H20N4O2. The maximum absolute atomic E-state index is 12.9. The third-order valence-electron chi connectivity index (χ3n) is 4.69. The Morgan fingerprint density at radius 3 is 3.04 bits per heavy atom. The first-order valence-corrected chi connectivity index (χ1v) is 8.39. The Kier molecular flexibility index (Phi) is 3.97. The van der Waals surface area contributed by atoms with Crippen molar-refractivity contribution >= 4 is 16.7 Å². The fourth-order valence-electron chi connectivity index (χ4n) is 3.51. The number of aromatic nitrogens is 3. The number of pyridine rings is 1. The molecule has 2 aromatic heterocycles. The SMILES string of the molecule is Cc1nn(C)cc1[C@H]1OCC[C@@H]1NC(=O)c1cccc2cnccc12. The van der Waals surface area contributed by atoms with Crippen LogP contribution in [-0.4, -0.2) is 33.3 Å². The molecule has 0 unspecified atom stereocenters. The highest BCUT2D eigenvalue weighted by molar-refractivity contribution is 6.06. The van der Waals surface area contributed by atoms with Crippen molar-refractivity contribution in [3.63, 3.8) is 0 Å². The monoisotopic (exact) mass is 336 g/mol. The Morgan fingerprint density at radius 2 is 2.24 bits per heavy atom. The third-order valence-corrected chi connectivity index (χ3v) is 4.69. The average Bonchev–Trinajstić information content (AvgIpc) is 3.19. The van der Waals surface area contributed by atoms with Crippen LogP contribution in [-0.2, 0) is 11.8 Å². The Labute approximate surface area is 145 Å². The number of fused-ring (bicyclic) bond motifs is 1. The van der Waals surface area contributed by atoms with Gasteiger partial charge in [0.2, 0.25) is 0 Å². The highest BCUT2D eigenvalue weighted by Gasteiger charge is 2.33. The van der Waals surface area contributed by atoms with Gasteiger partial charge in [-0.2, -0.15) is 5.10 Å². The van der Waals surface area contributed by atoms with Crippen LogP contribution in [0.5, 0.6) is 0 Å². The Bertz CT molecular complexity index is 929. The number of amides is 1. The van der Waals surface area contributed by atoms with E-state index in [1.165, 1.54) is 0 Å². The van der Waals surface area contributed by atoms with Gasteiger partial charge in [0.15, 0.2) is 0 Å². The zero-order valence-electron chi connectivity index (χ0n) is 14.3. The zero-order valence-corrected chi connectivity index (χ0v) is 14.3. The molecule has 0 saturated carbocycles. The summed E-state index contributed by atoms with van der Waals surface area (Å²) < 4.78 is 7.67. The summed E-state index contributed by atoms with van der Waals surface area (Å²) in [5, 5.41) is 9.40. The highest BCUT2D eigenvalue weighted by Crippen LogP contribution is 2.31. The van der Waals surface area contributed by atoms with Gasteiger partial charge in [-0.15, -0.1) is 0 Å². The summed E-state index contributed by atoms with van der Waals surface area (Å²) in [6.07, 6.45) is 6.08. The molecule has 3 heterocycles. The molecule has 6 nitrogen and oxygen atoms in total. The molecule has 1 amide bonds. The lowest BCUT2D eigenvalue weighted by Crippen LogP contribution is -2.37. The van der Waals surface area contributed by atoms with Crippen LogP contribution < -0.4 is 5.32 Å². The molecule has 25 heavy (non-hydrogen) atoms. The van der Waals surface area contributed by atoms with E-state index >= 15 is 0 Å². The molecule has 128 valence electrons. The fourth-order valence-corrected chi connectivity index (χ4v) is 3.51. The number of hydrogen-bond acceptors (Lipinski definition) is 4. The van der Waals surface area contributed by atoms with Gasteiger partial charge in [-0.25, -0.2) is 0 Å². The van der Waals surface area contributed by atoms with Crippen molar-refractivity contribution < 1.29 is 9.53 Å². The Balaban J connectivity index is 1.60. The van der Waals surface area contributed by atoms with Crippen LogP contribution in [0.3, 0.4) is 0 Å². The topological polar surface area (TPSA) is 69.0 Å². The lowest BCUT2D eigenvalue weighted by molar-refractivity contribution is 0.0820. The maximum atomic E-state index is 12.9. The van der Waals surface area contributed by atoms with Gasteiger partial charge in [0.1, 0.15) is 6.10 Å². The average molecular weight is 336 g/mol. The highest BCUT2D eigenvalue weighted by atomic mass is 16.5. The van der Waals surface area contributed by atoms with E-state index in [0.29, 0.717) is 12.2 Å². The summed E-state index contributed by atoms with van der Waals surface area (Å²) in [5.74, 6) is -0.0844. The van der Waals surface area contributed by atoms with E-state index in [1.807, 2.05) is 44.4 Å². The first-order valence-electron chi connectivity index (χ1n) is 8.39.